The van der Waals surface area contributed by atoms with E-state index in [-0.39, 0.29) is 5.15 Å². The molecule has 3 nitrogen and oxygen atoms in total. The molecule has 1 atom stereocenters. The number of hydrogen-bond donors (Lipinski definition) is 2. The fourth-order valence-corrected chi connectivity index (χ4v) is 0.953. The Bertz CT molecular complexity index is 342. The summed E-state index contributed by atoms with van der Waals surface area (Å²) in [5.41, 5.74) is -0.898. The van der Waals surface area contributed by atoms with E-state index in [4.69, 9.17) is 21.8 Å². The molecule has 7 heteroatoms. The van der Waals surface area contributed by atoms with E-state index in [0.29, 0.717) is 0 Å². The molecule has 0 aromatic carbocycles. The van der Waals surface area contributed by atoms with Crippen LogP contribution in [0.1, 0.15) is 11.8 Å². The van der Waals surface area contributed by atoms with Gasteiger partial charge in [-0.15, -0.1) is 0 Å². The van der Waals surface area contributed by atoms with Crippen molar-refractivity contribution in [3.8, 4) is 5.75 Å². The van der Waals surface area contributed by atoms with E-state index in [9.17, 15) is 13.2 Å². The zero-order chi connectivity index (χ0) is 10.9. The molecule has 0 aliphatic heterocycles. The summed E-state index contributed by atoms with van der Waals surface area (Å²) >= 11 is 5.31. The summed E-state index contributed by atoms with van der Waals surface area (Å²) in [5.74, 6) is -0.751. The van der Waals surface area contributed by atoms with E-state index in [2.05, 4.69) is 4.98 Å². The molecule has 1 aromatic rings. The van der Waals surface area contributed by atoms with Gasteiger partial charge in [0.2, 0.25) is 0 Å². The third kappa shape index (κ3) is 2.27. The molecule has 1 rings (SSSR count). The van der Waals surface area contributed by atoms with Crippen molar-refractivity contribution in [2.75, 3.05) is 0 Å². The summed E-state index contributed by atoms with van der Waals surface area (Å²) in [6, 6.07) is 2.04. The molecule has 0 bridgehead atoms. The molecule has 0 saturated carbocycles. The lowest BCUT2D eigenvalue weighted by Gasteiger charge is -2.14. The van der Waals surface area contributed by atoms with Crippen LogP contribution in [0.25, 0.3) is 0 Å². The molecule has 1 unspecified atom stereocenters. The molecule has 0 fully saturated rings. The second-order valence-corrected chi connectivity index (χ2v) is 2.87. The van der Waals surface area contributed by atoms with Crippen LogP contribution in [-0.2, 0) is 0 Å². The highest BCUT2D eigenvalue weighted by Gasteiger charge is 2.41. The Labute approximate surface area is 81.8 Å². The zero-order valence-electron chi connectivity index (χ0n) is 6.59. The van der Waals surface area contributed by atoms with Crippen LogP contribution in [0.3, 0.4) is 0 Å². The smallest absolute Gasteiger partial charge is 0.420 e. The summed E-state index contributed by atoms with van der Waals surface area (Å²) in [5, 5.41) is 17.5. The lowest BCUT2D eigenvalue weighted by molar-refractivity contribution is -0.208. The molecule has 0 saturated heterocycles. The first kappa shape index (κ1) is 11.1. The number of alkyl halides is 3. The Kier molecular flexibility index (Phi) is 2.86. The topological polar surface area (TPSA) is 53.4 Å². The SMILES string of the molecule is Oc1ccc(Cl)nc1C(O)C(F)(F)F. The van der Waals surface area contributed by atoms with E-state index in [1.165, 1.54) is 0 Å². The first-order valence-electron chi connectivity index (χ1n) is 3.42. The van der Waals surface area contributed by atoms with Crippen molar-refractivity contribution in [2.45, 2.75) is 12.3 Å². The maximum absolute atomic E-state index is 12.0. The Morgan fingerprint density at radius 3 is 2.43 bits per heavy atom. The number of pyridine rings is 1. The summed E-state index contributed by atoms with van der Waals surface area (Å²) in [4.78, 5) is 3.18. The highest BCUT2D eigenvalue weighted by Crippen LogP contribution is 2.35. The number of aliphatic hydroxyl groups excluding tert-OH is 1. The minimum atomic E-state index is -4.88. The average Bonchev–Trinajstić information content (AvgIpc) is 2.06. The van der Waals surface area contributed by atoms with Crippen molar-refractivity contribution < 1.29 is 23.4 Å². The van der Waals surface area contributed by atoms with Gasteiger partial charge in [-0.25, -0.2) is 4.98 Å². The zero-order valence-corrected chi connectivity index (χ0v) is 7.34. The number of hydrogen-bond acceptors (Lipinski definition) is 3. The molecule has 2 N–H and O–H groups in total. The predicted octanol–water partition coefficient (Wildman–Crippen LogP) is 2.04. The van der Waals surface area contributed by atoms with Crippen molar-refractivity contribution in [1.29, 1.82) is 0 Å². The van der Waals surface area contributed by atoms with Crippen LogP contribution in [0, 0.1) is 0 Å². The van der Waals surface area contributed by atoms with Crippen LogP contribution in [0.2, 0.25) is 5.15 Å². The second kappa shape index (κ2) is 3.62. The Morgan fingerprint density at radius 2 is 1.93 bits per heavy atom. The summed E-state index contributed by atoms with van der Waals surface area (Å²) in [6.07, 6.45) is -7.71. The summed E-state index contributed by atoms with van der Waals surface area (Å²) in [7, 11) is 0. The first-order valence-corrected chi connectivity index (χ1v) is 3.80. The number of aliphatic hydroxyl groups is 1. The monoisotopic (exact) mass is 227 g/mol. The van der Waals surface area contributed by atoms with Crippen LogP contribution < -0.4 is 0 Å². The minimum Gasteiger partial charge on any atom is -0.506 e. The molecule has 0 radical (unpaired) electrons. The molecule has 1 heterocycles. The fourth-order valence-electron chi connectivity index (χ4n) is 0.799. The minimum absolute atomic E-state index is 0.235. The highest BCUT2D eigenvalue weighted by molar-refractivity contribution is 6.29. The predicted molar refractivity (Wildman–Crippen MR) is 41.9 cm³/mol. The van der Waals surface area contributed by atoms with Crippen LogP contribution >= 0.6 is 11.6 Å². The highest BCUT2D eigenvalue weighted by atomic mass is 35.5. The molecule has 78 valence electrons. The van der Waals surface area contributed by atoms with Gasteiger partial charge in [-0.2, -0.15) is 13.2 Å². The van der Waals surface area contributed by atoms with Crippen LogP contribution in [0.15, 0.2) is 12.1 Å². The Balaban J connectivity index is 3.12. The van der Waals surface area contributed by atoms with Crippen LogP contribution in [-0.4, -0.2) is 21.4 Å². The number of rotatable bonds is 1. The van der Waals surface area contributed by atoms with Crippen molar-refractivity contribution in [3.05, 3.63) is 23.0 Å². The van der Waals surface area contributed by atoms with Gasteiger partial charge in [0.05, 0.1) is 0 Å². The van der Waals surface area contributed by atoms with E-state index in [1.54, 1.807) is 0 Å². The van der Waals surface area contributed by atoms with Gasteiger partial charge in [-0.05, 0) is 12.1 Å². The van der Waals surface area contributed by atoms with E-state index in [0.717, 1.165) is 12.1 Å². The third-order valence-corrected chi connectivity index (χ3v) is 1.65. The van der Waals surface area contributed by atoms with Gasteiger partial charge in [0.25, 0.3) is 0 Å². The lowest BCUT2D eigenvalue weighted by atomic mass is 10.2. The number of nitrogens with zero attached hydrogens (tertiary/aromatic N) is 1. The van der Waals surface area contributed by atoms with Gasteiger partial charge < -0.3 is 10.2 Å². The van der Waals surface area contributed by atoms with Crippen molar-refractivity contribution >= 4 is 11.6 Å². The first-order chi connectivity index (χ1) is 6.32. The van der Waals surface area contributed by atoms with Crippen molar-refractivity contribution in [1.82, 2.24) is 4.98 Å². The van der Waals surface area contributed by atoms with Crippen LogP contribution in [0.4, 0.5) is 13.2 Å². The largest absolute Gasteiger partial charge is 0.506 e. The van der Waals surface area contributed by atoms with Gasteiger partial charge in [0, 0.05) is 0 Å². The molecule has 0 spiro atoms. The molecular weight excluding hydrogens is 223 g/mol. The quantitative estimate of drug-likeness (QED) is 0.722. The normalized spacial score (nSPS) is 14.1. The van der Waals surface area contributed by atoms with Gasteiger partial charge in [0.1, 0.15) is 16.6 Å². The lowest BCUT2D eigenvalue weighted by Crippen LogP contribution is -2.21. The standard InChI is InChI=1S/C7H5ClF3NO2/c8-4-2-1-3(13)5(12-4)6(14)7(9,10)11/h1-2,6,13-14H. The third-order valence-electron chi connectivity index (χ3n) is 1.44. The van der Waals surface area contributed by atoms with Crippen molar-refractivity contribution in [2.24, 2.45) is 0 Å². The van der Waals surface area contributed by atoms with Crippen LogP contribution in [0.5, 0.6) is 5.75 Å². The maximum Gasteiger partial charge on any atom is 0.420 e. The maximum atomic E-state index is 12.0. The van der Waals surface area contributed by atoms with Gasteiger partial charge in [-0.1, -0.05) is 11.6 Å². The number of aromatic hydroxyl groups is 1. The van der Waals surface area contributed by atoms with Gasteiger partial charge >= 0.3 is 6.18 Å². The molecular formula is C7H5ClF3NO2. The number of halogens is 4. The summed E-state index contributed by atoms with van der Waals surface area (Å²) < 4.78 is 36.0. The van der Waals surface area contributed by atoms with E-state index < -0.39 is 23.7 Å². The molecule has 1 aromatic heterocycles. The fraction of sp³-hybridized carbons (Fsp3) is 0.286. The number of aromatic nitrogens is 1. The summed E-state index contributed by atoms with van der Waals surface area (Å²) in [6.45, 7) is 0. The molecule has 0 amide bonds. The van der Waals surface area contributed by atoms with Crippen molar-refractivity contribution in [3.63, 3.8) is 0 Å². The Hall–Kier alpha value is -1.01. The second-order valence-electron chi connectivity index (χ2n) is 2.48. The van der Waals surface area contributed by atoms with E-state index >= 15 is 0 Å². The molecule has 14 heavy (non-hydrogen) atoms. The van der Waals surface area contributed by atoms with Gasteiger partial charge in [0.15, 0.2) is 6.10 Å². The average molecular weight is 228 g/mol. The molecule has 0 aliphatic carbocycles. The van der Waals surface area contributed by atoms with E-state index in [1.807, 2.05) is 0 Å². The molecule has 0 aliphatic rings. The Morgan fingerprint density at radius 1 is 1.36 bits per heavy atom. The van der Waals surface area contributed by atoms with Gasteiger partial charge in [-0.3, -0.25) is 0 Å².